The minimum atomic E-state index is -2.34. The minimum Gasteiger partial charge on any atom is -0.394 e. The number of thioether (sulfide) groups is 1. The van der Waals surface area contributed by atoms with Crippen LogP contribution in [0.5, 0.6) is 0 Å². The molecule has 4 rings (SSSR count). The fraction of sp³-hybridized carbons (Fsp3) is 0.455. The zero-order valence-corrected chi connectivity index (χ0v) is 26.5. The van der Waals surface area contributed by atoms with Crippen molar-refractivity contribution in [3.05, 3.63) is 102 Å². The van der Waals surface area contributed by atoms with Crippen LogP contribution in [0.1, 0.15) is 38.0 Å². The summed E-state index contributed by atoms with van der Waals surface area (Å²) in [7, 11) is -2.34. The lowest BCUT2D eigenvalue weighted by Crippen LogP contribution is -2.63. The van der Waals surface area contributed by atoms with Crippen LogP contribution in [-0.4, -0.2) is 61.6 Å². The molecule has 6 atom stereocenters. The first-order valence-electron chi connectivity index (χ1n) is 14.2. The van der Waals surface area contributed by atoms with Gasteiger partial charge in [0.1, 0.15) is 24.4 Å². The lowest BCUT2D eigenvalue weighted by atomic mass is 9.98. The van der Waals surface area contributed by atoms with E-state index in [0.29, 0.717) is 5.75 Å². The molecule has 1 heterocycles. The zero-order valence-electron chi connectivity index (χ0n) is 24.7. The van der Waals surface area contributed by atoms with Crippen molar-refractivity contribution in [2.75, 3.05) is 12.4 Å². The summed E-state index contributed by atoms with van der Waals surface area (Å²) in [5.74, 6) is 0.628. The molecule has 0 amide bonds. The number of aliphatic hydroxyl groups is 2. The van der Waals surface area contributed by atoms with Crippen LogP contribution in [0, 0.1) is 0 Å². The van der Waals surface area contributed by atoms with Gasteiger partial charge in [0, 0.05) is 10.6 Å². The average Bonchev–Trinajstić information content (AvgIpc) is 2.96. The normalized spacial score (nSPS) is 24.2. The Hall–Kier alpha value is -2.01. The van der Waals surface area contributed by atoms with E-state index in [1.807, 2.05) is 78.9 Å². The van der Waals surface area contributed by atoms with Gasteiger partial charge in [0.2, 0.25) is 0 Å². The van der Waals surface area contributed by atoms with E-state index in [2.05, 4.69) is 46.0 Å². The van der Waals surface area contributed by atoms with E-state index < -0.39 is 39.0 Å². The lowest BCUT2D eigenvalue weighted by Gasteiger charge is -2.48. The molecular formula is C33H44O6SSi. The van der Waals surface area contributed by atoms with Gasteiger partial charge < -0.3 is 28.8 Å². The number of ether oxygens (including phenoxy) is 3. The van der Waals surface area contributed by atoms with Crippen LogP contribution in [0.2, 0.25) is 18.1 Å². The molecule has 1 aliphatic rings. The van der Waals surface area contributed by atoms with Crippen molar-refractivity contribution in [2.45, 2.75) is 87.2 Å². The second kappa shape index (κ2) is 14.4. The second-order valence-corrected chi connectivity index (χ2v) is 17.8. The van der Waals surface area contributed by atoms with E-state index in [1.54, 1.807) is 11.8 Å². The SMILES string of the molecule is CC(C)(C)[Si](C)(C)O[C@@H]1O[C@H](CO)[C@@H](OCc2ccccc2)[C@H](O)[C@H]1O[C@H](CSc1ccccc1)c1ccccc1. The molecular weight excluding hydrogens is 553 g/mol. The molecule has 222 valence electrons. The third kappa shape index (κ3) is 8.52. The Labute approximate surface area is 250 Å². The van der Waals surface area contributed by atoms with Gasteiger partial charge >= 0.3 is 0 Å². The van der Waals surface area contributed by atoms with Crippen LogP contribution in [0.25, 0.3) is 0 Å². The Bertz CT molecular complexity index is 1170. The molecule has 8 heteroatoms. The molecule has 0 radical (unpaired) electrons. The number of aliphatic hydroxyl groups excluding tert-OH is 2. The molecule has 3 aromatic carbocycles. The highest BCUT2D eigenvalue weighted by atomic mass is 32.2. The van der Waals surface area contributed by atoms with E-state index in [1.165, 1.54) is 0 Å². The highest BCUT2D eigenvalue weighted by molar-refractivity contribution is 7.99. The van der Waals surface area contributed by atoms with Crippen LogP contribution in [0.4, 0.5) is 0 Å². The van der Waals surface area contributed by atoms with Crippen LogP contribution >= 0.6 is 11.8 Å². The summed E-state index contributed by atoms with van der Waals surface area (Å²) in [5, 5.41) is 22.1. The summed E-state index contributed by atoms with van der Waals surface area (Å²) in [6.45, 7) is 10.7. The molecule has 0 aromatic heterocycles. The highest BCUT2D eigenvalue weighted by Crippen LogP contribution is 2.41. The molecule has 2 N–H and O–H groups in total. The number of rotatable bonds is 12. The molecule has 0 aliphatic carbocycles. The van der Waals surface area contributed by atoms with Crippen LogP contribution in [-0.2, 0) is 25.2 Å². The van der Waals surface area contributed by atoms with E-state index in [4.69, 9.17) is 18.6 Å². The third-order valence-corrected chi connectivity index (χ3v) is 13.4. The van der Waals surface area contributed by atoms with Gasteiger partial charge in [-0.15, -0.1) is 11.8 Å². The quantitative estimate of drug-likeness (QED) is 0.180. The highest BCUT2D eigenvalue weighted by Gasteiger charge is 2.51. The number of hydrogen-bond acceptors (Lipinski definition) is 7. The summed E-state index contributed by atoms with van der Waals surface area (Å²) < 4.78 is 26.1. The maximum Gasteiger partial charge on any atom is 0.195 e. The van der Waals surface area contributed by atoms with Crippen molar-refractivity contribution < 1.29 is 28.8 Å². The lowest BCUT2D eigenvalue weighted by molar-refractivity contribution is -0.306. The van der Waals surface area contributed by atoms with Crippen molar-refractivity contribution in [3.63, 3.8) is 0 Å². The predicted octanol–water partition coefficient (Wildman–Crippen LogP) is 6.59. The Morgan fingerprint density at radius 3 is 2.05 bits per heavy atom. The fourth-order valence-corrected chi connectivity index (χ4v) is 6.57. The van der Waals surface area contributed by atoms with Gasteiger partial charge in [-0.2, -0.15) is 0 Å². The smallest absolute Gasteiger partial charge is 0.195 e. The Kier molecular flexibility index (Phi) is 11.2. The Morgan fingerprint density at radius 2 is 1.46 bits per heavy atom. The van der Waals surface area contributed by atoms with Gasteiger partial charge in [-0.05, 0) is 41.4 Å². The zero-order chi connectivity index (χ0) is 29.5. The Morgan fingerprint density at radius 1 is 0.878 bits per heavy atom. The standard InChI is InChI=1S/C33H44O6SSi/c1-33(2,3)41(4,5)39-32-31(29(35)30(27(21-34)38-32)36-22-24-15-9-6-10-16-24)37-28(25-17-11-7-12-18-25)23-40-26-19-13-8-14-20-26/h6-20,27-32,34-35H,21-23H2,1-5H3/t27-,28-,29+,30-,31-,32+/m1/s1. The summed E-state index contributed by atoms with van der Waals surface area (Å²) >= 11 is 1.69. The predicted molar refractivity (Wildman–Crippen MR) is 166 cm³/mol. The molecule has 41 heavy (non-hydrogen) atoms. The van der Waals surface area contributed by atoms with Crippen LogP contribution in [0.3, 0.4) is 0 Å². The maximum absolute atomic E-state index is 11.8. The van der Waals surface area contributed by atoms with Gasteiger partial charge in [-0.25, -0.2) is 0 Å². The van der Waals surface area contributed by atoms with E-state index >= 15 is 0 Å². The van der Waals surface area contributed by atoms with Crippen molar-refractivity contribution in [2.24, 2.45) is 0 Å². The van der Waals surface area contributed by atoms with Crippen molar-refractivity contribution in [1.82, 2.24) is 0 Å². The van der Waals surface area contributed by atoms with Crippen LogP contribution < -0.4 is 0 Å². The molecule has 3 aromatic rings. The summed E-state index contributed by atoms with van der Waals surface area (Å²) in [4.78, 5) is 1.14. The van der Waals surface area contributed by atoms with E-state index in [-0.39, 0.29) is 24.4 Å². The summed E-state index contributed by atoms with van der Waals surface area (Å²) in [5.41, 5.74) is 1.97. The molecule has 0 spiro atoms. The topological polar surface area (TPSA) is 77.4 Å². The van der Waals surface area contributed by atoms with Crippen molar-refractivity contribution in [3.8, 4) is 0 Å². The van der Waals surface area contributed by atoms with Crippen molar-refractivity contribution in [1.29, 1.82) is 0 Å². The molecule has 1 fully saturated rings. The van der Waals surface area contributed by atoms with Gasteiger partial charge in [0.05, 0.1) is 19.3 Å². The van der Waals surface area contributed by atoms with Gasteiger partial charge in [-0.1, -0.05) is 99.6 Å². The average molecular weight is 597 g/mol. The second-order valence-electron chi connectivity index (χ2n) is 12.0. The number of benzene rings is 3. The first kappa shape index (κ1) is 31.9. The first-order chi connectivity index (χ1) is 19.6. The molecule has 0 bridgehead atoms. The maximum atomic E-state index is 11.8. The van der Waals surface area contributed by atoms with E-state index in [0.717, 1.165) is 16.0 Å². The van der Waals surface area contributed by atoms with Gasteiger partial charge in [0.25, 0.3) is 0 Å². The largest absolute Gasteiger partial charge is 0.394 e. The monoisotopic (exact) mass is 596 g/mol. The van der Waals surface area contributed by atoms with Crippen LogP contribution in [0.15, 0.2) is 95.9 Å². The molecule has 0 saturated carbocycles. The molecule has 1 saturated heterocycles. The number of hydrogen-bond donors (Lipinski definition) is 2. The molecule has 0 unspecified atom stereocenters. The Balaban J connectivity index is 1.63. The first-order valence-corrected chi connectivity index (χ1v) is 18.1. The molecule has 1 aliphatic heterocycles. The minimum absolute atomic E-state index is 0.0940. The van der Waals surface area contributed by atoms with E-state index in [9.17, 15) is 10.2 Å². The third-order valence-electron chi connectivity index (χ3n) is 7.94. The summed E-state index contributed by atoms with van der Waals surface area (Å²) in [6.07, 6.45) is -4.72. The van der Waals surface area contributed by atoms with Gasteiger partial charge in [0.15, 0.2) is 14.6 Å². The van der Waals surface area contributed by atoms with Crippen molar-refractivity contribution >= 4 is 20.1 Å². The molecule has 6 nitrogen and oxygen atoms in total. The fourth-order valence-electron chi connectivity index (χ4n) is 4.48. The van der Waals surface area contributed by atoms with Gasteiger partial charge in [-0.3, -0.25) is 0 Å². The summed E-state index contributed by atoms with van der Waals surface area (Å²) in [6, 6.07) is 30.0.